The van der Waals surface area contributed by atoms with Crippen LogP contribution in [0.3, 0.4) is 0 Å². The third kappa shape index (κ3) is 4.48. The van der Waals surface area contributed by atoms with E-state index in [9.17, 15) is 10.0 Å². The Balaban J connectivity index is 1.63. The second kappa shape index (κ2) is 9.20. The number of nitrogens with zero attached hydrogens (tertiary/aromatic N) is 3. The van der Waals surface area contributed by atoms with Crippen LogP contribution in [0, 0.1) is 0 Å². The normalized spacial score (nSPS) is 22.1. The number of carbonyl (C=O) groups excluding carboxylic acids is 1. The molecule has 4 rings (SSSR count). The van der Waals surface area contributed by atoms with Gasteiger partial charge < -0.3 is 15.0 Å². The summed E-state index contributed by atoms with van der Waals surface area (Å²) in [5, 5.41) is 12.1. The Labute approximate surface area is 190 Å². The number of para-hydroxylation sites is 1. The minimum atomic E-state index is -0.0346. The van der Waals surface area contributed by atoms with Crippen molar-refractivity contribution >= 4 is 58.3 Å². The predicted molar refractivity (Wildman–Crippen MR) is 126 cm³/mol. The molecule has 2 fully saturated rings. The van der Waals surface area contributed by atoms with E-state index in [1.165, 1.54) is 5.06 Å². The van der Waals surface area contributed by atoms with Crippen LogP contribution in [0.1, 0.15) is 12.5 Å². The van der Waals surface area contributed by atoms with Crippen LogP contribution in [0.5, 0.6) is 0 Å². The molecule has 5 nitrogen and oxygen atoms in total. The number of hydroxylamine groups is 2. The van der Waals surface area contributed by atoms with Crippen molar-refractivity contribution in [3.8, 4) is 0 Å². The van der Waals surface area contributed by atoms with Gasteiger partial charge in [-0.2, -0.15) is 5.06 Å². The number of hydrogen-bond donors (Lipinski definition) is 1. The molecule has 1 unspecified atom stereocenters. The molecule has 2 heterocycles. The SMILES string of the molecule is CC1CN(O)CCN1c1ccccc1/C=C1\SCCN(c2ccc(Cl)c(Cl)c2)C1=O. The molecule has 0 bridgehead atoms. The fourth-order valence-electron chi connectivity index (χ4n) is 3.85. The first kappa shape index (κ1) is 21.5. The highest BCUT2D eigenvalue weighted by Crippen LogP contribution is 2.34. The summed E-state index contributed by atoms with van der Waals surface area (Å²) in [4.78, 5) is 18.0. The first-order valence-electron chi connectivity index (χ1n) is 9.85. The average Bonchev–Trinajstić information content (AvgIpc) is 2.72. The van der Waals surface area contributed by atoms with Crippen LogP contribution in [-0.4, -0.2) is 54.2 Å². The summed E-state index contributed by atoms with van der Waals surface area (Å²) in [6, 6.07) is 13.5. The van der Waals surface area contributed by atoms with Crippen molar-refractivity contribution in [2.45, 2.75) is 13.0 Å². The highest BCUT2D eigenvalue weighted by Gasteiger charge is 2.27. The molecule has 0 saturated carbocycles. The van der Waals surface area contributed by atoms with E-state index in [-0.39, 0.29) is 11.9 Å². The van der Waals surface area contributed by atoms with Crippen molar-refractivity contribution in [1.29, 1.82) is 0 Å². The third-order valence-electron chi connectivity index (χ3n) is 5.38. The van der Waals surface area contributed by atoms with Crippen molar-refractivity contribution in [2.75, 3.05) is 41.7 Å². The summed E-state index contributed by atoms with van der Waals surface area (Å²) >= 11 is 13.8. The quantitative estimate of drug-likeness (QED) is 0.647. The number of thioether (sulfide) groups is 1. The fourth-order valence-corrected chi connectivity index (χ4v) is 5.08. The number of carbonyl (C=O) groups is 1. The molecule has 2 aromatic rings. The standard InChI is InChI=1S/C22H23Cl2N3O2S/c1-15-14-25(29)8-9-26(15)20-5-3-2-4-16(20)12-21-22(28)27(10-11-30-21)17-6-7-18(23)19(24)13-17/h2-7,12-13,15,29H,8-11,14H2,1H3/b21-12-. The topological polar surface area (TPSA) is 47.0 Å². The Morgan fingerprint density at radius 1 is 1.10 bits per heavy atom. The first-order valence-corrected chi connectivity index (χ1v) is 11.6. The smallest absolute Gasteiger partial charge is 0.264 e. The molecule has 2 saturated heterocycles. The lowest BCUT2D eigenvalue weighted by atomic mass is 10.1. The predicted octanol–water partition coefficient (Wildman–Crippen LogP) is 5.01. The summed E-state index contributed by atoms with van der Waals surface area (Å²) in [7, 11) is 0. The molecule has 0 radical (unpaired) electrons. The second-order valence-corrected chi connectivity index (χ2v) is 9.38. The molecule has 0 aliphatic carbocycles. The van der Waals surface area contributed by atoms with E-state index >= 15 is 0 Å². The van der Waals surface area contributed by atoms with Gasteiger partial charge in [0, 0.05) is 49.3 Å². The van der Waals surface area contributed by atoms with Crippen molar-refractivity contribution < 1.29 is 10.0 Å². The van der Waals surface area contributed by atoms with Crippen LogP contribution in [0.15, 0.2) is 47.4 Å². The van der Waals surface area contributed by atoms with Gasteiger partial charge in [-0.05, 0) is 42.8 Å². The van der Waals surface area contributed by atoms with E-state index in [4.69, 9.17) is 23.2 Å². The molecule has 0 spiro atoms. The molecule has 0 aromatic heterocycles. The Kier molecular flexibility index (Phi) is 6.60. The molecule has 2 aromatic carbocycles. The van der Waals surface area contributed by atoms with Gasteiger partial charge in [0.2, 0.25) is 0 Å². The molecule has 1 amide bonds. The van der Waals surface area contributed by atoms with Gasteiger partial charge in [-0.25, -0.2) is 0 Å². The fraction of sp³-hybridized carbons (Fsp3) is 0.318. The van der Waals surface area contributed by atoms with Crippen molar-refractivity contribution in [1.82, 2.24) is 5.06 Å². The summed E-state index contributed by atoms with van der Waals surface area (Å²) in [5.41, 5.74) is 2.83. The zero-order chi connectivity index (χ0) is 21.3. The summed E-state index contributed by atoms with van der Waals surface area (Å²) < 4.78 is 0. The number of rotatable bonds is 3. The zero-order valence-corrected chi connectivity index (χ0v) is 18.9. The van der Waals surface area contributed by atoms with E-state index in [1.54, 1.807) is 28.8 Å². The van der Waals surface area contributed by atoms with Gasteiger partial charge in [-0.1, -0.05) is 41.4 Å². The highest BCUT2D eigenvalue weighted by molar-refractivity contribution is 8.04. The van der Waals surface area contributed by atoms with Crippen molar-refractivity contribution in [3.63, 3.8) is 0 Å². The summed E-state index contributed by atoms with van der Waals surface area (Å²) in [6.07, 6.45) is 1.98. The maximum atomic E-state index is 13.2. The second-order valence-electron chi connectivity index (χ2n) is 7.43. The van der Waals surface area contributed by atoms with Crippen LogP contribution in [0.2, 0.25) is 10.0 Å². The Morgan fingerprint density at radius 3 is 2.67 bits per heavy atom. The van der Waals surface area contributed by atoms with Crippen molar-refractivity contribution in [2.24, 2.45) is 0 Å². The monoisotopic (exact) mass is 463 g/mol. The van der Waals surface area contributed by atoms with E-state index in [0.717, 1.165) is 29.2 Å². The van der Waals surface area contributed by atoms with E-state index in [0.29, 0.717) is 34.6 Å². The number of anilines is 2. The van der Waals surface area contributed by atoms with Gasteiger partial charge in [0.1, 0.15) is 0 Å². The van der Waals surface area contributed by atoms with Gasteiger partial charge in [0.05, 0.1) is 15.0 Å². The number of piperazine rings is 1. The number of hydrogen-bond acceptors (Lipinski definition) is 5. The Morgan fingerprint density at radius 2 is 1.90 bits per heavy atom. The molecule has 2 aliphatic heterocycles. The Bertz CT molecular complexity index is 985. The number of amides is 1. The summed E-state index contributed by atoms with van der Waals surface area (Å²) in [6.45, 7) is 4.63. The van der Waals surface area contributed by atoms with Crippen LogP contribution in [0.4, 0.5) is 11.4 Å². The van der Waals surface area contributed by atoms with Gasteiger partial charge in [-0.3, -0.25) is 4.79 Å². The average molecular weight is 464 g/mol. The van der Waals surface area contributed by atoms with Gasteiger partial charge in [-0.15, -0.1) is 11.8 Å². The minimum absolute atomic E-state index is 0.0346. The summed E-state index contributed by atoms with van der Waals surface area (Å²) in [5.74, 6) is 0.771. The lowest BCUT2D eigenvalue weighted by Crippen LogP contribution is -2.51. The van der Waals surface area contributed by atoms with Gasteiger partial charge in [0.25, 0.3) is 5.91 Å². The maximum Gasteiger partial charge on any atom is 0.264 e. The van der Waals surface area contributed by atoms with Crippen LogP contribution < -0.4 is 9.80 Å². The largest absolute Gasteiger partial charge is 0.366 e. The van der Waals surface area contributed by atoms with Gasteiger partial charge >= 0.3 is 0 Å². The van der Waals surface area contributed by atoms with Crippen LogP contribution >= 0.6 is 35.0 Å². The molecule has 158 valence electrons. The van der Waals surface area contributed by atoms with E-state index < -0.39 is 0 Å². The Hall–Kier alpha value is -1.70. The molecule has 30 heavy (non-hydrogen) atoms. The molecule has 1 atom stereocenters. The highest BCUT2D eigenvalue weighted by atomic mass is 35.5. The minimum Gasteiger partial charge on any atom is -0.366 e. The van der Waals surface area contributed by atoms with Crippen LogP contribution in [-0.2, 0) is 4.79 Å². The van der Waals surface area contributed by atoms with E-state index in [1.807, 2.05) is 30.3 Å². The van der Waals surface area contributed by atoms with Crippen LogP contribution in [0.25, 0.3) is 6.08 Å². The molecular weight excluding hydrogens is 441 g/mol. The first-order chi connectivity index (χ1) is 14.4. The third-order valence-corrected chi connectivity index (χ3v) is 7.11. The molecule has 2 aliphatic rings. The van der Waals surface area contributed by atoms with E-state index in [2.05, 4.69) is 17.9 Å². The number of halogens is 2. The lowest BCUT2D eigenvalue weighted by Gasteiger charge is -2.39. The zero-order valence-electron chi connectivity index (χ0n) is 16.6. The van der Waals surface area contributed by atoms with Gasteiger partial charge in [0.15, 0.2) is 0 Å². The molecular formula is C22H23Cl2N3O2S. The molecule has 1 N–H and O–H groups in total. The molecule has 8 heteroatoms. The van der Waals surface area contributed by atoms with Crippen molar-refractivity contribution in [3.05, 3.63) is 63.0 Å². The maximum absolute atomic E-state index is 13.2. The number of benzene rings is 2. The lowest BCUT2D eigenvalue weighted by molar-refractivity contribution is -0.114.